The zero-order valence-electron chi connectivity index (χ0n) is 17.4. The summed E-state index contributed by atoms with van der Waals surface area (Å²) in [6, 6.07) is 13.1. The first-order chi connectivity index (χ1) is 15.0. The van der Waals surface area contributed by atoms with E-state index in [4.69, 9.17) is 9.72 Å². The van der Waals surface area contributed by atoms with Crippen LogP contribution in [0.25, 0.3) is 22.3 Å². The van der Waals surface area contributed by atoms with Crippen LogP contribution in [0.15, 0.2) is 60.0 Å². The number of aryl methyl sites for hydroxylation is 1. The molecule has 1 amide bonds. The molecule has 1 aliphatic rings. The lowest BCUT2D eigenvalue weighted by Crippen LogP contribution is -2.31. The van der Waals surface area contributed by atoms with Gasteiger partial charge in [-0.25, -0.2) is 9.97 Å². The minimum atomic E-state index is -0.295. The number of aromatic amines is 1. The van der Waals surface area contributed by atoms with E-state index in [-0.39, 0.29) is 11.9 Å². The lowest BCUT2D eigenvalue weighted by Gasteiger charge is -2.24. The predicted octanol–water partition coefficient (Wildman–Crippen LogP) is 5.15. The molecule has 0 unspecified atom stereocenters. The van der Waals surface area contributed by atoms with Crippen molar-refractivity contribution in [1.82, 2.24) is 19.9 Å². The third-order valence-electron chi connectivity index (χ3n) is 5.65. The molecule has 1 saturated heterocycles. The zero-order valence-corrected chi connectivity index (χ0v) is 18.2. The summed E-state index contributed by atoms with van der Waals surface area (Å²) in [6.07, 6.45) is 0.745. The number of imidazole rings is 1. The summed E-state index contributed by atoms with van der Waals surface area (Å²) in [5.74, 6) is 1.44. The Morgan fingerprint density at radius 1 is 1.26 bits per heavy atom. The first-order valence-corrected chi connectivity index (χ1v) is 11.0. The summed E-state index contributed by atoms with van der Waals surface area (Å²) in [5.41, 5.74) is 5.01. The molecule has 156 valence electrons. The smallest absolute Gasteiger partial charge is 0.255 e. The van der Waals surface area contributed by atoms with Gasteiger partial charge in [-0.05, 0) is 37.1 Å². The number of hydrogen-bond donors (Lipinski definition) is 1. The summed E-state index contributed by atoms with van der Waals surface area (Å²) in [7, 11) is 1.64. The maximum absolute atomic E-state index is 13.7. The number of nitrogens with zero attached hydrogens (tertiary/aromatic N) is 3. The van der Waals surface area contributed by atoms with E-state index in [2.05, 4.69) is 16.5 Å². The highest BCUT2D eigenvalue weighted by molar-refractivity contribution is 7.09. The van der Waals surface area contributed by atoms with Gasteiger partial charge in [-0.1, -0.05) is 24.8 Å². The Hall–Kier alpha value is -3.45. The Labute approximate surface area is 184 Å². The van der Waals surface area contributed by atoms with E-state index < -0.39 is 0 Å². The van der Waals surface area contributed by atoms with Gasteiger partial charge in [0.25, 0.3) is 5.91 Å². The largest absolute Gasteiger partial charge is 0.497 e. The van der Waals surface area contributed by atoms with Crippen molar-refractivity contribution in [3.05, 3.63) is 76.4 Å². The van der Waals surface area contributed by atoms with Crippen molar-refractivity contribution in [3.63, 3.8) is 0 Å². The van der Waals surface area contributed by atoms with Gasteiger partial charge in [0.05, 0.1) is 28.8 Å². The molecule has 1 aliphatic heterocycles. The van der Waals surface area contributed by atoms with E-state index in [1.54, 1.807) is 18.4 Å². The number of carbonyl (C=O) groups is 1. The molecule has 1 atom stereocenters. The van der Waals surface area contributed by atoms with E-state index in [9.17, 15) is 4.79 Å². The molecule has 2 aromatic heterocycles. The fourth-order valence-corrected chi connectivity index (χ4v) is 4.72. The molecule has 0 saturated carbocycles. The quantitative estimate of drug-likeness (QED) is 0.455. The van der Waals surface area contributed by atoms with Crippen LogP contribution in [-0.4, -0.2) is 39.4 Å². The number of benzene rings is 2. The van der Waals surface area contributed by atoms with Gasteiger partial charge in [0.2, 0.25) is 0 Å². The molecule has 2 aromatic carbocycles. The topological polar surface area (TPSA) is 71.1 Å². The summed E-state index contributed by atoms with van der Waals surface area (Å²) in [6.45, 7) is 6.81. The molecule has 0 spiro atoms. The Kier molecular flexibility index (Phi) is 4.82. The van der Waals surface area contributed by atoms with Crippen LogP contribution < -0.4 is 4.74 Å². The second-order valence-corrected chi connectivity index (χ2v) is 8.67. The van der Waals surface area contributed by atoms with Crippen LogP contribution in [0.5, 0.6) is 5.75 Å². The van der Waals surface area contributed by atoms with Gasteiger partial charge in [-0.2, -0.15) is 0 Å². The maximum Gasteiger partial charge on any atom is 0.255 e. The average molecular weight is 431 g/mol. The van der Waals surface area contributed by atoms with Crippen LogP contribution in [0.4, 0.5) is 0 Å². The van der Waals surface area contributed by atoms with Crippen molar-refractivity contribution in [3.8, 4) is 17.0 Å². The number of methoxy groups -OCH3 is 1. The molecule has 0 bridgehead atoms. The van der Waals surface area contributed by atoms with E-state index in [1.165, 1.54) is 0 Å². The van der Waals surface area contributed by atoms with E-state index in [1.807, 2.05) is 59.7 Å². The fourth-order valence-electron chi connectivity index (χ4n) is 4.11. The number of amides is 1. The van der Waals surface area contributed by atoms with Gasteiger partial charge in [-0.15, -0.1) is 11.3 Å². The van der Waals surface area contributed by atoms with Gasteiger partial charge < -0.3 is 14.6 Å². The van der Waals surface area contributed by atoms with Crippen molar-refractivity contribution in [2.45, 2.75) is 19.4 Å². The van der Waals surface area contributed by atoms with Crippen LogP contribution in [0.2, 0.25) is 0 Å². The van der Waals surface area contributed by atoms with Crippen molar-refractivity contribution in [2.24, 2.45) is 0 Å². The zero-order chi connectivity index (χ0) is 21.5. The summed E-state index contributed by atoms with van der Waals surface area (Å²) in [4.78, 5) is 28.3. The molecule has 0 radical (unpaired) electrons. The SMILES string of the molecule is C=C1CCN(C(=O)c2ccccc2-c2csc(C)n2)[C@@H]1c1nc2ccc(OC)cc2[nH]1. The molecular formula is C24H22N4O2S. The summed E-state index contributed by atoms with van der Waals surface area (Å²) in [5, 5.41) is 2.97. The van der Waals surface area contributed by atoms with Crippen molar-refractivity contribution >= 4 is 28.3 Å². The van der Waals surface area contributed by atoms with Crippen molar-refractivity contribution in [1.29, 1.82) is 0 Å². The third kappa shape index (κ3) is 3.41. The highest BCUT2D eigenvalue weighted by atomic mass is 32.1. The number of ether oxygens (including phenoxy) is 1. The predicted molar refractivity (Wildman–Crippen MR) is 122 cm³/mol. The van der Waals surface area contributed by atoms with Gasteiger partial charge in [0.1, 0.15) is 17.6 Å². The normalized spacial score (nSPS) is 16.3. The second kappa shape index (κ2) is 7.67. The standard InChI is InChI=1S/C24H22N4O2S/c1-14-10-11-28(22(14)23-26-19-9-8-16(30-3)12-20(19)27-23)24(29)18-7-5-4-6-17(18)21-13-31-15(2)25-21/h4-9,12-13,22H,1,10-11H2,2-3H3,(H,26,27)/t22-/m0/s1. The minimum Gasteiger partial charge on any atom is -0.497 e. The first kappa shape index (κ1) is 19.5. The lowest BCUT2D eigenvalue weighted by molar-refractivity contribution is 0.0742. The molecule has 0 aliphatic carbocycles. The van der Waals surface area contributed by atoms with Crippen LogP contribution in [0.1, 0.15) is 33.7 Å². The Balaban J connectivity index is 1.53. The number of fused-ring (bicyclic) bond motifs is 1. The molecule has 6 nitrogen and oxygen atoms in total. The molecule has 7 heteroatoms. The number of rotatable bonds is 4. The lowest BCUT2D eigenvalue weighted by atomic mass is 10.0. The molecular weight excluding hydrogens is 408 g/mol. The van der Waals surface area contributed by atoms with E-state index >= 15 is 0 Å². The van der Waals surface area contributed by atoms with Crippen molar-refractivity contribution < 1.29 is 9.53 Å². The minimum absolute atomic E-state index is 0.0389. The van der Waals surface area contributed by atoms with Gasteiger partial charge >= 0.3 is 0 Å². The van der Waals surface area contributed by atoms with E-state index in [0.717, 1.165) is 50.9 Å². The number of hydrogen-bond acceptors (Lipinski definition) is 5. The van der Waals surface area contributed by atoms with Crippen LogP contribution in [0, 0.1) is 6.92 Å². The number of thiazole rings is 1. The van der Waals surface area contributed by atoms with Gasteiger partial charge in [0, 0.05) is 29.1 Å². The molecule has 1 fully saturated rings. The Morgan fingerprint density at radius 2 is 2.10 bits per heavy atom. The number of likely N-dealkylation sites (tertiary alicyclic amines) is 1. The number of nitrogens with one attached hydrogen (secondary N) is 1. The molecule has 3 heterocycles. The molecule has 31 heavy (non-hydrogen) atoms. The van der Waals surface area contributed by atoms with Gasteiger partial charge in [0.15, 0.2) is 0 Å². The molecule has 5 rings (SSSR count). The highest BCUT2D eigenvalue weighted by Crippen LogP contribution is 2.38. The first-order valence-electron chi connectivity index (χ1n) is 10.1. The van der Waals surface area contributed by atoms with E-state index in [0.29, 0.717) is 12.1 Å². The summed E-state index contributed by atoms with van der Waals surface area (Å²) >= 11 is 1.58. The molecule has 1 N–H and O–H groups in total. The Morgan fingerprint density at radius 3 is 2.87 bits per heavy atom. The molecule has 4 aromatic rings. The maximum atomic E-state index is 13.7. The summed E-state index contributed by atoms with van der Waals surface area (Å²) < 4.78 is 5.32. The number of H-pyrrole nitrogens is 1. The third-order valence-corrected chi connectivity index (χ3v) is 6.43. The van der Waals surface area contributed by atoms with Crippen molar-refractivity contribution in [2.75, 3.05) is 13.7 Å². The fraction of sp³-hybridized carbons (Fsp3) is 0.208. The van der Waals surface area contributed by atoms with Crippen LogP contribution in [-0.2, 0) is 0 Å². The highest BCUT2D eigenvalue weighted by Gasteiger charge is 2.36. The van der Waals surface area contributed by atoms with Gasteiger partial charge in [-0.3, -0.25) is 4.79 Å². The second-order valence-electron chi connectivity index (χ2n) is 7.61. The number of aromatic nitrogens is 3. The Bertz CT molecular complexity index is 1310. The van der Waals surface area contributed by atoms with Crippen LogP contribution in [0.3, 0.4) is 0 Å². The van der Waals surface area contributed by atoms with Crippen LogP contribution >= 0.6 is 11.3 Å². The average Bonchev–Trinajstić information content (AvgIpc) is 3.50. The monoisotopic (exact) mass is 430 g/mol. The number of carbonyl (C=O) groups excluding carboxylic acids is 1.